The van der Waals surface area contributed by atoms with E-state index in [1.54, 1.807) is 29.1 Å². The summed E-state index contributed by atoms with van der Waals surface area (Å²) in [6.07, 6.45) is 5.56. The van der Waals surface area contributed by atoms with E-state index in [2.05, 4.69) is 25.9 Å². The number of halogens is 1. The molecule has 1 atom stereocenters. The number of allylic oxidation sites excluding steroid dienone is 1. The van der Waals surface area contributed by atoms with Crippen LogP contribution in [0.3, 0.4) is 0 Å². The third kappa shape index (κ3) is 6.24. The predicted molar refractivity (Wildman–Crippen MR) is 154 cm³/mol. The van der Waals surface area contributed by atoms with Gasteiger partial charge in [0.05, 0.1) is 22.6 Å². The quantitative estimate of drug-likeness (QED) is 0.301. The van der Waals surface area contributed by atoms with Crippen molar-refractivity contribution in [3.63, 3.8) is 0 Å². The molecule has 3 aromatic heterocycles. The van der Waals surface area contributed by atoms with Crippen molar-refractivity contribution < 1.29 is 18.7 Å². The molecule has 0 saturated carbocycles. The Morgan fingerprint density at radius 2 is 1.88 bits per heavy atom. The number of nitrogens with one attached hydrogen (secondary N) is 3. The van der Waals surface area contributed by atoms with Gasteiger partial charge in [0.15, 0.2) is 0 Å². The number of aromatic nitrogens is 4. The predicted octanol–water partition coefficient (Wildman–Crippen LogP) is 5.18. The van der Waals surface area contributed by atoms with E-state index in [1.165, 1.54) is 25.4 Å². The highest BCUT2D eigenvalue weighted by molar-refractivity contribution is 5.92. The van der Waals surface area contributed by atoms with E-state index in [9.17, 15) is 9.59 Å². The summed E-state index contributed by atoms with van der Waals surface area (Å²) in [4.78, 5) is 33.2. The molecular formula is C30H30FN7O3. The maximum atomic E-state index is 15.0. The van der Waals surface area contributed by atoms with Gasteiger partial charge in [-0.25, -0.2) is 13.9 Å². The molecule has 5 rings (SSSR count). The van der Waals surface area contributed by atoms with Crippen molar-refractivity contribution in [1.82, 2.24) is 30.4 Å². The molecule has 1 unspecified atom stereocenters. The third-order valence-corrected chi connectivity index (χ3v) is 6.43. The van der Waals surface area contributed by atoms with Gasteiger partial charge in [0, 0.05) is 48.8 Å². The van der Waals surface area contributed by atoms with Gasteiger partial charge in [0.25, 0.3) is 5.91 Å². The Bertz CT molecular complexity index is 1690. The zero-order valence-corrected chi connectivity index (χ0v) is 23.1. The topological polar surface area (TPSA) is 123 Å². The third-order valence-electron chi connectivity index (χ3n) is 6.43. The summed E-state index contributed by atoms with van der Waals surface area (Å²) >= 11 is 0. The molecule has 1 aliphatic carbocycles. The molecule has 0 aliphatic heterocycles. The first-order valence-corrected chi connectivity index (χ1v) is 13.1. The first-order valence-electron chi connectivity index (χ1n) is 13.1. The normalized spacial score (nSPS) is 15.1. The summed E-state index contributed by atoms with van der Waals surface area (Å²) < 4.78 is 22.5. The van der Waals surface area contributed by atoms with E-state index < -0.39 is 18.0 Å². The minimum Gasteiger partial charge on any atom is -0.486 e. The zero-order valence-electron chi connectivity index (χ0n) is 23.1. The SMILES string of the molecule is CNC(=O)c1cc(OC2C=CC(NC(=O)Nc3cc(C(C)(C)C)nn3-c3ccc4ncccc4c3)=C(F)C2)ccn1. The molecule has 0 radical (unpaired) electrons. The van der Waals surface area contributed by atoms with E-state index in [-0.39, 0.29) is 29.1 Å². The first kappa shape index (κ1) is 27.5. The summed E-state index contributed by atoms with van der Waals surface area (Å²) in [7, 11) is 1.50. The minimum absolute atomic E-state index is 0.0296. The molecule has 11 heteroatoms. The number of carbonyl (C=O) groups is 2. The number of hydrogen-bond donors (Lipinski definition) is 3. The van der Waals surface area contributed by atoms with Crippen LogP contribution in [0.4, 0.5) is 15.0 Å². The van der Waals surface area contributed by atoms with Gasteiger partial charge in [-0.3, -0.25) is 20.1 Å². The van der Waals surface area contributed by atoms with Gasteiger partial charge < -0.3 is 15.4 Å². The molecule has 210 valence electrons. The number of urea groups is 1. The molecule has 1 aliphatic rings. The minimum atomic E-state index is -0.623. The van der Waals surface area contributed by atoms with Crippen LogP contribution in [-0.2, 0) is 5.41 Å². The lowest BCUT2D eigenvalue weighted by atomic mass is 9.92. The van der Waals surface area contributed by atoms with Gasteiger partial charge in [-0.05, 0) is 42.5 Å². The summed E-state index contributed by atoms with van der Waals surface area (Å²) in [6, 6.07) is 13.8. The molecule has 3 N–H and O–H groups in total. The van der Waals surface area contributed by atoms with Crippen LogP contribution < -0.4 is 20.7 Å². The maximum Gasteiger partial charge on any atom is 0.324 e. The lowest BCUT2D eigenvalue weighted by Gasteiger charge is -2.20. The highest BCUT2D eigenvalue weighted by atomic mass is 19.1. The van der Waals surface area contributed by atoms with E-state index in [4.69, 9.17) is 9.84 Å². The van der Waals surface area contributed by atoms with Gasteiger partial charge in [-0.1, -0.05) is 26.8 Å². The Hall–Kier alpha value is -5.06. The molecule has 1 aromatic carbocycles. The number of ether oxygens (including phenoxy) is 1. The molecule has 0 bridgehead atoms. The van der Waals surface area contributed by atoms with Crippen LogP contribution in [0.2, 0.25) is 0 Å². The lowest BCUT2D eigenvalue weighted by Crippen LogP contribution is -2.31. The average Bonchev–Trinajstić information content (AvgIpc) is 3.38. The van der Waals surface area contributed by atoms with E-state index in [0.29, 0.717) is 11.6 Å². The maximum absolute atomic E-state index is 15.0. The van der Waals surface area contributed by atoms with Crippen molar-refractivity contribution >= 4 is 28.7 Å². The molecule has 10 nitrogen and oxygen atoms in total. The number of hydrogen-bond acceptors (Lipinski definition) is 6. The van der Waals surface area contributed by atoms with E-state index in [1.807, 2.05) is 51.1 Å². The molecule has 41 heavy (non-hydrogen) atoms. The van der Waals surface area contributed by atoms with Crippen LogP contribution in [-0.4, -0.2) is 44.8 Å². The van der Waals surface area contributed by atoms with Crippen molar-refractivity contribution in [3.05, 3.63) is 96.0 Å². The standard InChI is InChI=1S/C30H30FN7O3/c1-30(2,3)26-17-27(38(37-26)19-7-9-23-18(14-19)6-5-12-33-23)36-29(40)35-24-10-8-20(15-22(24)31)41-21-11-13-34-25(16-21)28(39)32-4/h5-14,16-17,20H,15H2,1-4H3,(H,32,39)(H2,35,36,40). The first-order chi connectivity index (χ1) is 19.6. The fraction of sp³-hybridized carbons (Fsp3) is 0.233. The molecular weight excluding hydrogens is 525 g/mol. The van der Waals surface area contributed by atoms with Gasteiger partial charge >= 0.3 is 6.03 Å². The van der Waals surface area contributed by atoms with Crippen molar-refractivity contribution in [1.29, 1.82) is 0 Å². The number of fused-ring (bicyclic) bond motifs is 1. The Labute approximate surface area is 236 Å². The van der Waals surface area contributed by atoms with Gasteiger partial charge in [-0.15, -0.1) is 0 Å². The number of carbonyl (C=O) groups excluding carboxylic acids is 2. The molecule has 3 amide bonds. The molecule has 0 spiro atoms. The Morgan fingerprint density at radius 1 is 1.05 bits per heavy atom. The fourth-order valence-electron chi connectivity index (χ4n) is 4.25. The second kappa shape index (κ2) is 11.2. The summed E-state index contributed by atoms with van der Waals surface area (Å²) in [5.74, 6) is -0.0872. The van der Waals surface area contributed by atoms with Crippen molar-refractivity contribution in [3.8, 4) is 11.4 Å². The van der Waals surface area contributed by atoms with Gasteiger partial charge in [-0.2, -0.15) is 5.10 Å². The van der Waals surface area contributed by atoms with Gasteiger partial charge in [0.1, 0.15) is 29.2 Å². The number of pyridine rings is 2. The number of anilines is 1. The zero-order chi connectivity index (χ0) is 29.1. The lowest BCUT2D eigenvalue weighted by molar-refractivity contribution is 0.0957. The average molecular weight is 556 g/mol. The van der Waals surface area contributed by atoms with Crippen LogP contribution in [0.1, 0.15) is 43.4 Å². The van der Waals surface area contributed by atoms with Crippen LogP contribution >= 0.6 is 0 Å². The van der Waals surface area contributed by atoms with Crippen LogP contribution in [0.5, 0.6) is 5.75 Å². The Kier molecular flexibility index (Phi) is 7.52. The van der Waals surface area contributed by atoms with Crippen LogP contribution in [0, 0.1) is 0 Å². The molecule has 0 saturated heterocycles. The molecule has 3 heterocycles. The highest BCUT2D eigenvalue weighted by Crippen LogP contribution is 2.28. The number of amides is 3. The summed E-state index contributed by atoms with van der Waals surface area (Å²) in [5, 5.41) is 13.6. The monoisotopic (exact) mass is 555 g/mol. The van der Waals surface area contributed by atoms with Gasteiger partial charge in [0.2, 0.25) is 0 Å². The number of benzene rings is 1. The largest absolute Gasteiger partial charge is 0.486 e. The summed E-state index contributed by atoms with van der Waals surface area (Å²) in [5.41, 5.74) is 2.31. The second-order valence-electron chi connectivity index (χ2n) is 10.5. The Morgan fingerprint density at radius 3 is 2.63 bits per heavy atom. The van der Waals surface area contributed by atoms with E-state index in [0.717, 1.165) is 22.3 Å². The molecule has 0 fully saturated rings. The number of nitrogens with zero attached hydrogens (tertiary/aromatic N) is 4. The fourth-order valence-corrected chi connectivity index (χ4v) is 4.25. The Balaban J connectivity index is 1.30. The number of rotatable bonds is 6. The smallest absolute Gasteiger partial charge is 0.324 e. The molecule has 4 aromatic rings. The van der Waals surface area contributed by atoms with Crippen LogP contribution in [0.15, 0.2) is 84.6 Å². The van der Waals surface area contributed by atoms with Crippen LogP contribution in [0.25, 0.3) is 16.6 Å². The van der Waals surface area contributed by atoms with Crippen molar-refractivity contribution in [2.75, 3.05) is 12.4 Å². The second-order valence-corrected chi connectivity index (χ2v) is 10.5. The highest BCUT2D eigenvalue weighted by Gasteiger charge is 2.23. The van der Waals surface area contributed by atoms with Crippen molar-refractivity contribution in [2.24, 2.45) is 0 Å². The summed E-state index contributed by atoms with van der Waals surface area (Å²) in [6.45, 7) is 6.10. The van der Waals surface area contributed by atoms with E-state index >= 15 is 4.39 Å². The van der Waals surface area contributed by atoms with Crippen molar-refractivity contribution in [2.45, 2.75) is 38.7 Å².